The van der Waals surface area contributed by atoms with E-state index in [1.165, 1.54) is 12.6 Å². The molecule has 6 nitrogen and oxygen atoms in total. The summed E-state index contributed by atoms with van der Waals surface area (Å²) in [6, 6.07) is 6.87. The van der Waals surface area contributed by atoms with Crippen LogP contribution in [0, 0.1) is 0 Å². The molecule has 1 saturated heterocycles. The molecule has 1 aromatic rings. The molecule has 2 heterocycles. The van der Waals surface area contributed by atoms with E-state index in [1.807, 2.05) is 24.3 Å². The largest absolute Gasteiger partial charge is 0.342 e. The van der Waals surface area contributed by atoms with Crippen LogP contribution in [0.2, 0.25) is 0 Å². The van der Waals surface area contributed by atoms with Gasteiger partial charge in [-0.3, -0.25) is 19.3 Å². The maximum atomic E-state index is 12.3. The Morgan fingerprint density at radius 2 is 1.95 bits per heavy atom. The zero-order valence-electron chi connectivity index (χ0n) is 11.8. The molecule has 3 rings (SSSR count). The Morgan fingerprint density at radius 3 is 2.62 bits per heavy atom. The van der Waals surface area contributed by atoms with Crippen molar-refractivity contribution in [2.45, 2.75) is 31.5 Å². The summed E-state index contributed by atoms with van der Waals surface area (Å²) in [6.07, 6.45) is 0.636. The molecule has 1 aromatic carbocycles. The van der Waals surface area contributed by atoms with Crippen LogP contribution < -0.4 is 10.6 Å². The fraction of sp³-hybridized carbons (Fsp3) is 0.400. The lowest BCUT2D eigenvalue weighted by molar-refractivity contribution is -0.138. The van der Waals surface area contributed by atoms with Crippen molar-refractivity contribution in [2.75, 3.05) is 7.05 Å². The monoisotopic (exact) mass is 287 g/mol. The molecule has 21 heavy (non-hydrogen) atoms. The van der Waals surface area contributed by atoms with Crippen LogP contribution in [0.1, 0.15) is 17.5 Å². The van der Waals surface area contributed by atoms with Crippen molar-refractivity contribution in [1.82, 2.24) is 15.5 Å². The molecule has 110 valence electrons. The molecule has 1 unspecified atom stereocenters. The van der Waals surface area contributed by atoms with Crippen molar-refractivity contribution in [3.05, 3.63) is 35.4 Å². The summed E-state index contributed by atoms with van der Waals surface area (Å²) >= 11 is 0. The van der Waals surface area contributed by atoms with E-state index in [-0.39, 0.29) is 30.2 Å². The zero-order valence-corrected chi connectivity index (χ0v) is 11.8. The first-order valence-electron chi connectivity index (χ1n) is 6.97. The number of imide groups is 1. The summed E-state index contributed by atoms with van der Waals surface area (Å²) in [6.45, 7) is 0.631. The SMILES string of the molecule is CN1C(=O)CC(NC(=O)[C@H]2Cc3ccccc3CN2)C1=O. The van der Waals surface area contributed by atoms with Crippen molar-refractivity contribution >= 4 is 17.7 Å². The smallest absolute Gasteiger partial charge is 0.252 e. The number of rotatable bonds is 2. The van der Waals surface area contributed by atoms with E-state index in [0.29, 0.717) is 13.0 Å². The maximum Gasteiger partial charge on any atom is 0.252 e. The van der Waals surface area contributed by atoms with E-state index in [4.69, 9.17) is 0 Å². The highest BCUT2D eigenvalue weighted by Gasteiger charge is 2.38. The molecule has 0 aliphatic carbocycles. The number of nitrogens with one attached hydrogen (secondary N) is 2. The van der Waals surface area contributed by atoms with Gasteiger partial charge in [-0.2, -0.15) is 0 Å². The highest BCUT2D eigenvalue weighted by molar-refractivity contribution is 6.06. The van der Waals surface area contributed by atoms with Crippen LogP contribution in [0.25, 0.3) is 0 Å². The van der Waals surface area contributed by atoms with Gasteiger partial charge in [-0.15, -0.1) is 0 Å². The lowest BCUT2D eigenvalue weighted by atomic mass is 9.95. The first-order chi connectivity index (χ1) is 10.1. The van der Waals surface area contributed by atoms with Gasteiger partial charge in [-0.25, -0.2) is 0 Å². The Bertz CT molecular complexity index is 614. The minimum atomic E-state index is -0.728. The number of amides is 3. The molecule has 0 aromatic heterocycles. The van der Waals surface area contributed by atoms with E-state index in [0.717, 1.165) is 10.5 Å². The third-order valence-corrected chi connectivity index (χ3v) is 4.10. The van der Waals surface area contributed by atoms with Gasteiger partial charge in [-0.05, 0) is 17.5 Å². The average Bonchev–Trinajstić information content (AvgIpc) is 2.74. The standard InChI is InChI=1S/C15H17N3O3/c1-18-13(19)7-12(15(18)21)17-14(20)11-6-9-4-2-3-5-10(9)8-16-11/h2-5,11-12,16H,6-8H2,1H3,(H,17,20)/t11-,12?/m1/s1. The highest BCUT2D eigenvalue weighted by Crippen LogP contribution is 2.17. The first kappa shape index (κ1) is 13.8. The quantitative estimate of drug-likeness (QED) is 0.724. The first-order valence-corrected chi connectivity index (χ1v) is 6.97. The van der Waals surface area contributed by atoms with Crippen molar-refractivity contribution in [2.24, 2.45) is 0 Å². The van der Waals surface area contributed by atoms with E-state index >= 15 is 0 Å². The minimum Gasteiger partial charge on any atom is -0.342 e. The van der Waals surface area contributed by atoms with Crippen LogP contribution in [0.5, 0.6) is 0 Å². The molecule has 2 aliphatic heterocycles. The number of carbonyl (C=O) groups is 3. The van der Waals surface area contributed by atoms with Crippen LogP contribution >= 0.6 is 0 Å². The summed E-state index contributed by atoms with van der Waals surface area (Å²) in [4.78, 5) is 36.6. The summed E-state index contributed by atoms with van der Waals surface area (Å²) in [5, 5.41) is 5.84. The molecule has 3 amide bonds. The molecular formula is C15H17N3O3. The lowest BCUT2D eigenvalue weighted by Gasteiger charge is -2.26. The summed E-state index contributed by atoms with van der Waals surface area (Å²) in [5.74, 6) is -0.831. The Hall–Kier alpha value is -2.21. The van der Waals surface area contributed by atoms with Crippen LogP contribution in [0.3, 0.4) is 0 Å². The zero-order chi connectivity index (χ0) is 15.0. The van der Waals surface area contributed by atoms with E-state index in [9.17, 15) is 14.4 Å². The number of likely N-dealkylation sites (tertiary alicyclic amines) is 1. The maximum absolute atomic E-state index is 12.3. The van der Waals surface area contributed by atoms with Gasteiger partial charge >= 0.3 is 0 Å². The Morgan fingerprint density at radius 1 is 1.24 bits per heavy atom. The van der Waals surface area contributed by atoms with Crippen LogP contribution in [-0.2, 0) is 27.3 Å². The van der Waals surface area contributed by atoms with Gasteiger partial charge in [0.2, 0.25) is 11.8 Å². The average molecular weight is 287 g/mol. The number of hydrogen-bond donors (Lipinski definition) is 2. The second-order valence-electron chi connectivity index (χ2n) is 5.46. The molecule has 2 atom stereocenters. The van der Waals surface area contributed by atoms with Crippen molar-refractivity contribution in [1.29, 1.82) is 0 Å². The molecule has 0 saturated carbocycles. The van der Waals surface area contributed by atoms with E-state index in [2.05, 4.69) is 10.6 Å². The predicted molar refractivity (Wildman–Crippen MR) is 75.1 cm³/mol. The van der Waals surface area contributed by atoms with Gasteiger partial charge in [0.15, 0.2) is 0 Å². The normalized spacial score (nSPS) is 24.9. The highest BCUT2D eigenvalue weighted by atomic mass is 16.2. The Balaban J connectivity index is 1.65. The number of carbonyl (C=O) groups excluding carboxylic acids is 3. The van der Waals surface area contributed by atoms with Gasteiger partial charge in [0.05, 0.1) is 12.5 Å². The Kier molecular flexibility index (Phi) is 3.47. The van der Waals surface area contributed by atoms with Crippen LogP contribution in [-0.4, -0.2) is 41.8 Å². The number of benzene rings is 1. The summed E-state index contributed by atoms with van der Waals surface area (Å²) in [5.41, 5.74) is 2.33. The van der Waals surface area contributed by atoms with Gasteiger partial charge in [0, 0.05) is 13.6 Å². The van der Waals surface area contributed by atoms with Crippen LogP contribution in [0.15, 0.2) is 24.3 Å². The fourth-order valence-electron chi connectivity index (χ4n) is 2.78. The number of nitrogens with zero attached hydrogens (tertiary/aromatic N) is 1. The van der Waals surface area contributed by atoms with E-state index < -0.39 is 6.04 Å². The predicted octanol–water partition coefficient (Wildman–Crippen LogP) is -0.426. The molecule has 0 spiro atoms. The molecular weight excluding hydrogens is 270 g/mol. The molecule has 2 aliphatic rings. The van der Waals surface area contributed by atoms with Gasteiger partial charge in [0.1, 0.15) is 6.04 Å². The van der Waals surface area contributed by atoms with Gasteiger partial charge < -0.3 is 10.6 Å². The number of fused-ring (bicyclic) bond motifs is 1. The molecule has 1 fully saturated rings. The minimum absolute atomic E-state index is 0.0460. The molecule has 0 radical (unpaired) electrons. The molecule has 2 N–H and O–H groups in total. The van der Waals surface area contributed by atoms with Gasteiger partial charge in [-0.1, -0.05) is 24.3 Å². The third kappa shape index (κ3) is 2.54. The van der Waals surface area contributed by atoms with Crippen LogP contribution in [0.4, 0.5) is 0 Å². The fourth-order valence-corrected chi connectivity index (χ4v) is 2.78. The topological polar surface area (TPSA) is 78.5 Å². The van der Waals surface area contributed by atoms with Crippen molar-refractivity contribution in [3.8, 4) is 0 Å². The Labute approximate surface area is 122 Å². The number of hydrogen-bond acceptors (Lipinski definition) is 4. The lowest BCUT2D eigenvalue weighted by Crippen LogP contribution is -2.52. The molecule has 6 heteroatoms. The second kappa shape index (κ2) is 5.29. The number of likely N-dealkylation sites (N-methyl/N-ethyl adjacent to an activating group) is 1. The summed E-state index contributed by atoms with van der Waals surface area (Å²) < 4.78 is 0. The van der Waals surface area contributed by atoms with Gasteiger partial charge in [0.25, 0.3) is 5.91 Å². The second-order valence-corrected chi connectivity index (χ2v) is 5.46. The van der Waals surface area contributed by atoms with Crippen molar-refractivity contribution < 1.29 is 14.4 Å². The third-order valence-electron chi connectivity index (χ3n) is 4.10. The van der Waals surface area contributed by atoms with Crippen molar-refractivity contribution in [3.63, 3.8) is 0 Å². The summed E-state index contributed by atoms with van der Waals surface area (Å²) in [7, 11) is 1.44. The molecule has 0 bridgehead atoms. The van der Waals surface area contributed by atoms with E-state index in [1.54, 1.807) is 0 Å².